The largest absolute Gasteiger partial charge is 0.308 e. The van der Waals surface area contributed by atoms with Crippen LogP contribution in [0.15, 0.2) is 11.6 Å². The fourth-order valence-electron chi connectivity index (χ4n) is 1.56. The smallest absolute Gasteiger partial charge is 0.105 e. The van der Waals surface area contributed by atoms with Crippen molar-refractivity contribution >= 4 is 0 Å². The molecule has 1 aliphatic rings. The Bertz CT molecular complexity index is 163. The van der Waals surface area contributed by atoms with E-state index in [2.05, 4.69) is 25.2 Å². The summed E-state index contributed by atoms with van der Waals surface area (Å²) >= 11 is 0. The Morgan fingerprint density at radius 2 is 2.42 bits per heavy atom. The molecule has 1 N–H and O–H groups in total. The number of alkyl halides is 1. The highest BCUT2D eigenvalue weighted by molar-refractivity contribution is 5.08. The van der Waals surface area contributed by atoms with Crippen LogP contribution in [0, 0.1) is 5.92 Å². The van der Waals surface area contributed by atoms with Gasteiger partial charge in [-0.2, -0.15) is 0 Å². The normalized spacial score (nSPS) is 25.3. The molecule has 0 fully saturated rings. The molecule has 1 atom stereocenters. The maximum Gasteiger partial charge on any atom is 0.105 e. The highest BCUT2D eigenvalue weighted by atomic mass is 19.1. The topological polar surface area (TPSA) is 12.0 Å². The second-order valence-electron chi connectivity index (χ2n) is 3.73. The van der Waals surface area contributed by atoms with Gasteiger partial charge in [-0.1, -0.05) is 25.5 Å². The average molecular weight is 171 g/mol. The summed E-state index contributed by atoms with van der Waals surface area (Å²) < 4.78 is 12.3. The highest BCUT2D eigenvalue weighted by Gasteiger charge is 2.13. The first-order valence-corrected chi connectivity index (χ1v) is 4.72. The van der Waals surface area contributed by atoms with Crippen LogP contribution in [0.5, 0.6) is 0 Å². The van der Waals surface area contributed by atoms with Gasteiger partial charge in [0, 0.05) is 12.6 Å². The molecular formula is C10H18FN. The van der Waals surface area contributed by atoms with Crippen molar-refractivity contribution in [2.24, 2.45) is 5.92 Å². The van der Waals surface area contributed by atoms with Gasteiger partial charge in [0.2, 0.25) is 0 Å². The van der Waals surface area contributed by atoms with Crippen LogP contribution in [0.25, 0.3) is 0 Å². The van der Waals surface area contributed by atoms with Crippen molar-refractivity contribution in [3.8, 4) is 0 Å². The number of nitrogens with one attached hydrogen (secondary N) is 1. The van der Waals surface area contributed by atoms with Gasteiger partial charge in [-0.3, -0.25) is 0 Å². The standard InChI is InChI=1S/C10H18FN/c1-8(2)9-3-4-10(7-11)12-6-5-9/h5,8,10,12H,3-4,6-7H2,1-2H3/t10-/m0/s1. The Labute approximate surface area is 74.0 Å². The number of rotatable bonds is 2. The summed E-state index contributed by atoms with van der Waals surface area (Å²) in [5.41, 5.74) is 1.47. The van der Waals surface area contributed by atoms with Crippen molar-refractivity contribution in [1.82, 2.24) is 5.32 Å². The summed E-state index contributed by atoms with van der Waals surface area (Å²) in [6, 6.07) is 0.0810. The minimum absolute atomic E-state index is 0.0810. The Hall–Kier alpha value is -0.370. The van der Waals surface area contributed by atoms with Crippen molar-refractivity contribution in [1.29, 1.82) is 0 Å². The Morgan fingerprint density at radius 3 is 3.00 bits per heavy atom. The van der Waals surface area contributed by atoms with Crippen LogP contribution in [0.4, 0.5) is 4.39 Å². The maximum atomic E-state index is 12.3. The molecule has 0 aromatic carbocycles. The van der Waals surface area contributed by atoms with E-state index in [1.165, 1.54) is 5.57 Å². The molecule has 1 rings (SSSR count). The van der Waals surface area contributed by atoms with Gasteiger partial charge in [0.15, 0.2) is 0 Å². The van der Waals surface area contributed by atoms with E-state index in [1.807, 2.05) is 0 Å². The second-order valence-corrected chi connectivity index (χ2v) is 3.73. The van der Waals surface area contributed by atoms with Gasteiger partial charge >= 0.3 is 0 Å². The summed E-state index contributed by atoms with van der Waals surface area (Å²) in [4.78, 5) is 0. The number of halogens is 1. The van der Waals surface area contributed by atoms with Crippen LogP contribution >= 0.6 is 0 Å². The first-order chi connectivity index (χ1) is 5.74. The van der Waals surface area contributed by atoms with E-state index in [1.54, 1.807) is 0 Å². The molecule has 1 nitrogen and oxygen atoms in total. The lowest BCUT2D eigenvalue weighted by Crippen LogP contribution is -2.29. The number of allylic oxidation sites excluding steroid dienone is 1. The van der Waals surface area contributed by atoms with Gasteiger partial charge in [0.05, 0.1) is 0 Å². The molecule has 1 heterocycles. The van der Waals surface area contributed by atoms with Gasteiger partial charge in [0.1, 0.15) is 6.67 Å². The van der Waals surface area contributed by atoms with E-state index in [0.29, 0.717) is 5.92 Å². The third-order valence-corrected chi connectivity index (χ3v) is 2.48. The fraction of sp³-hybridized carbons (Fsp3) is 0.800. The third-order valence-electron chi connectivity index (χ3n) is 2.48. The van der Waals surface area contributed by atoms with Crippen molar-refractivity contribution < 1.29 is 4.39 Å². The molecule has 2 heteroatoms. The van der Waals surface area contributed by atoms with E-state index in [0.717, 1.165) is 19.4 Å². The second kappa shape index (κ2) is 4.61. The van der Waals surface area contributed by atoms with Crippen LogP contribution in [0.1, 0.15) is 26.7 Å². The van der Waals surface area contributed by atoms with Crippen molar-refractivity contribution in [2.45, 2.75) is 32.7 Å². The van der Waals surface area contributed by atoms with E-state index >= 15 is 0 Å². The molecule has 1 aliphatic heterocycles. The summed E-state index contributed by atoms with van der Waals surface area (Å²) in [6.07, 6.45) is 4.21. The molecule has 0 radical (unpaired) electrons. The fourth-order valence-corrected chi connectivity index (χ4v) is 1.56. The monoisotopic (exact) mass is 171 g/mol. The first-order valence-electron chi connectivity index (χ1n) is 4.72. The molecule has 0 unspecified atom stereocenters. The minimum Gasteiger partial charge on any atom is -0.308 e. The zero-order valence-electron chi connectivity index (χ0n) is 7.94. The van der Waals surface area contributed by atoms with Crippen molar-refractivity contribution in [3.63, 3.8) is 0 Å². The summed E-state index contributed by atoms with van der Waals surface area (Å²) in [5, 5.41) is 3.16. The molecule has 0 aromatic rings. The quantitative estimate of drug-likeness (QED) is 0.628. The van der Waals surface area contributed by atoms with Gasteiger partial charge in [-0.05, 0) is 18.8 Å². The van der Waals surface area contributed by atoms with E-state index in [-0.39, 0.29) is 12.7 Å². The lowest BCUT2D eigenvalue weighted by atomic mass is 9.97. The van der Waals surface area contributed by atoms with Crippen LogP contribution < -0.4 is 5.32 Å². The highest BCUT2D eigenvalue weighted by Crippen LogP contribution is 2.18. The summed E-state index contributed by atoms with van der Waals surface area (Å²) in [5.74, 6) is 0.616. The summed E-state index contributed by atoms with van der Waals surface area (Å²) in [6.45, 7) is 4.99. The van der Waals surface area contributed by atoms with Crippen LogP contribution in [-0.2, 0) is 0 Å². The van der Waals surface area contributed by atoms with E-state index in [4.69, 9.17) is 0 Å². The van der Waals surface area contributed by atoms with Gasteiger partial charge in [-0.15, -0.1) is 0 Å². The molecule has 0 saturated heterocycles. The maximum absolute atomic E-state index is 12.3. The molecule has 0 saturated carbocycles. The Kier molecular flexibility index (Phi) is 3.73. The Morgan fingerprint density at radius 1 is 1.67 bits per heavy atom. The molecule has 0 amide bonds. The molecule has 12 heavy (non-hydrogen) atoms. The van der Waals surface area contributed by atoms with E-state index in [9.17, 15) is 4.39 Å². The van der Waals surface area contributed by atoms with Crippen molar-refractivity contribution in [2.75, 3.05) is 13.2 Å². The average Bonchev–Trinajstić information content (AvgIpc) is 2.28. The van der Waals surface area contributed by atoms with Crippen LogP contribution in [0.2, 0.25) is 0 Å². The molecule has 70 valence electrons. The Balaban J connectivity index is 2.44. The zero-order valence-corrected chi connectivity index (χ0v) is 7.94. The van der Waals surface area contributed by atoms with Gasteiger partial charge in [0.25, 0.3) is 0 Å². The number of hydrogen-bond acceptors (Lipinski definition) is 1. The third kappa shape index (κ3) is 2.59. The lowest BCUT2D eigenvalue weighted by molar-refractivity contribution is 0.371. The van der Waals surface area contributed by atoms with Crippen molar-refractivity contribution in [3.05, 3.63) is 11.6 Å². The van der Waals surface area contributed by atoms with Crippen LogP contribution in [-0.4, -0.2) is 19.3 Å². The zero-order chi connectivity index (χ0) is 8.97. The lowest BCUT2D eigenvalue weighted by Gasteiger charge is -2.11. The molecule has 0 spiro atoms. The molecule has 0 aliphatic carbocycles. The van der Waals surface area contributed by atoms with Crippen LogP contribution in [0.3, 0.4) is 0 Å². The SMILES string of the molecule is CC(C)C1=CCN[C@H](CF)CC1. The predicted molar refractivity (Wildman–Crippen MR) is 49.9 cm³/mol. The number of hydrogen-bond donors (Lipinski definition) is 1. The molecular weight excluding hydrogens is 153 g/mol. The van der Waals surface area contributed by atoms with Gasteiger partial charge in [-0.25, -0.2) is 4.39 Å². The van der Waals surface area contributed by atoms with E-state index < -0.39 is 0 Å². The summed E-state index contributed by atoms with van der Waals surface area (Å²) in [7, 11) is 0. The van der Waals surface area contributed by atoms with Gasteiger partial charge < -0.3 is 5.32 Å². The molecule has 0 bridgehead atoms. The minimum atomic E-state index is -0.237. The first kappa shape index (κ1) is 9.72. The predicted octanol–water partition coefficient (Wildman–Crippen LogP) is 2.29. The molecule has 0 aromatic heterocycles.